The molecule has 0 aliphatic carbocycles. The second-order valence-electron chi connectivity index (χ2n) is 3.32. The molecule has 2 aromatic rings. The fraction of sp³-hybridized carbons (Fsp3) is 0. The molecule has 8 heteroatoms. The van der Waals surface area contributed by atoms with Gasteiger partial charge in [0.05, 0.1) is 11.1 Å². The Labute approximate surface area is 106 Å². The van der Waals surface area contributed by atoms with Crippen molar-refractivity contribution >= 4 is 24.1 Å². The van der Waals surface area contributed by atoms with Gasteiger partial charge in [0, 0.05) is 0 Å². The molecule has 1 aromatic heterocycles. The zero-order valence-corrected chi connectivity index (χ0v) is 9.77. The van der Waals surface area contributed by atoms with Gasteiger partial charge in [-0.15, -0.1) is 0 Å². The molecular formula is C10H8N4O3S. The van der Waals surface area contributed by atoms with Crippen LogP contribution in [-0.2, 0) is 0 Å². The monoisotopic (exact) mass is 264 g/mol. The number of hydrogen-bond acceptors (Lipinski definition) is 4. The predicted molar refractivity (Wildman–Crippen MR) is 64.5 cm³/mol. The second-order valence-corrected chi connectivity index (χ2v) is 3.71. The average molecular weight is 264 g/mol. The van der Waals surface area contributed by atoms with Crippen molar-refractivity contribution in [1.82, 2.24) is 14.9 Å². The molecule has 18 heavy (non-hydrogen) atoms. The molecule has 0 atom stereocenters. The van der Waals surface area contributed by atoms with Gasteiger partial charge in [0.25, 0.3) is 5.91 Å². The quantitative estimate of drug-likeness (QED) is 0.719. The van der Waals surface area contributed by atoms with E-state index in [2.05, 4.69) is 15.6 Å². The number of amides is 1. The highest BCUT2D eigenvalue weighted by Crippen LogP contribution is 2.09. The maximum Gasteiger partial charge on any atom is 0.336 e. The number of H-pyrrole nitrogens is 1. The largest absolute Gasteiger partial charge is 0.478 e. The van der Waals surface area contributed by atoms with E-state index in [0.717, 1.165) is 0 Å². The highest BCUT2D eigenvalue weighted by Gasteiger charge is 2.15. The number of aromatic amines is 1. The molecule has 7 nitrogen and oxygen atoms in total. The lowest BCUT2D eigenvalue weighted by Crippen LogP contribution is -2.24. The Morgan fingerprint density at radius 1 is 1.33 bits per heavy atom. The van der Waals surface area contributed by atoms with Crippen LogP contribution in [0.15, 0.2) is 30.6 Å². The zero-order valence-electron chi connectivity index (χ0n) is 8.95. The molecule has 1 aromatic carbocycles. The number of hydrogen-bond donors (Lipinski definition) is 3. The summed E-state index contributed by atoms with van der Waals surface area (Å²) in [5, 5.41) is 15.1. The molecule has 0 fully saturated rings. The number of benzene rings is 1. The van der Waals surface area contributed by atoms with Crippen LogP contribution in [0.3, 0.4) is 0 Å². The van der Waals surface area contributed by atoms with E-state index in [-0.39, 0.29) is 15.9 Å². The summed E-state index contributed by atoms with van der Waals surface area (Å²) >= 11 is 4.85. The molecule has 0 saturated carbocycles. The first-order valence-corrected chi connectivity index (χ1v) is 5.26. The van der Waals surface area contributed by atoms with Crippen molar-refractivity contribution < 1.29 is 14.7 Å². The Kier molecular flexibility index (Phi) is 3.20. The molecule has 0 saturated heterocycles. The first kappa shape index (κ1) is 12.0. The molecule has 3 N–H and O–H groups in total. The van der Waals surface area contributed by atoms with Crippen LogP contribution in [0.4, 0.5) is 0 Å². The molecule has 92 valence electrons. The summed E-state index contributed by atoms with van der Waals surface area (Å²) in [5.41, 5.74) is 2.39. The van der Waals surface area contributed by atoms with Gasteiger partial charge in [-0.3, -0.25) is 15.3 Å². The summed E-state index contributed by atoms with van der Waals surface area (Å²) in [6, 6.07) is 5.90. The molecule has 0 aliphatic heterocycles. The lowest BCUT2D eigenvalue weighted by molar-refractivity contribution is 0.0692. The minimum Gasteiger partial charge on any atom is -0.478 e. The van der Waals surface area contributed by atoms with Crippen LogP contribution in [0.2, 0.25) is 0 Å². The first-order valence-electron chi connectivity index (χ1n) is 4.85. The highest BCUT2D eigenvalue weighted by molar-refractivity contribution is 7.71. The smallest absolute Gasteiger partial charge is 0.336 e. The second kappa shape index (κ2) is 4.80. The van der Waals surface area contributed by atoms with Crippen LogP contribution < -0.4 is 5.43 Å². The summed E-state index contributed by atoms with van der Waals surface area (Å²) in [6.07, 6.45) is 1.28. The molecule has 0 radical (unpaired) electrons. The fourth-order valence-corrected chi connectivity index (χ4v) is 1.51. The molecule has 0 bridgehead atoms. The SMILES string of the molecule is O=C(O)c1ccccc1C(=O)Nn1cn[nH]c1=S. The summed E-state index contributed by atoms with van der Waals surface area (Å²) in [7, 11) is 0. The maximum atomic E-state index is 11.9. The van der Waals surface area contributed by atoms with Crippen LogP contribution in [0, 0.1) is 4.77 Å². The standard InChI is InChI=1S/C10H8N4O3S/c15-8(13-14-5-11-12-10(14)18)6-3-1-2-4-7(6)9(16)17/h1-5H,(H,12,18)(H,13,15)(H,16,17). The number of rotatable bonds is 3. The van der Waals surface area contributed by atoms with E-state index in [1.165, 1.54) is 23.1 Å². The topological polar surface area (TPSA) is 100 Å². The number of aromatic carboxylic acids is 1. The summed E-state index contributed by atoms with van der Waals surface area (Å²) in [5.74, 6) is -1.75. The van der Waals surface area contributed by atoms with Gasteiger partial charge < -0.3 is 5.11 Å². The number of aromatic nitrogens is 3. The van der Waals surface area contributed by atoms with Crippen molar-refractivity contribution in [1.29, 1.82) is 0 Å². The van der Waals surface area contributed by atoms with Crippen molar-refractivity contribution in [2.75, 3.05) is 5.43 Å². The first-order chi connectivity index (χ1) is 8.59. The van der Waals surface area contributed by atoms with Gasteiger partial charge in [-0.1, -0.05) is 12.1 Å². The van der Waals surface area contributed by atoms with Crippen LogP contribution in [0.1, 0.15) is 20.7 Å². The Bertz CT molecular complexity index is 661. The summed E-state index contributed by atoms with van der Waals surface area (Å²) < 4.78 is 1.40. The van der Waals surface area contributed by atoms with Gasteiger partial charge in [0.2, 0.25) is 4.77 Å². The predicted octanol–water partition coefficient (Wildman–Crippen LogP) is 1.02. The lowest BCUT2D eigenvalue weighted by atomic mass is 10.1. The van der Waals surface area contributed by atoms with Gasteiger partial charge in [0.1, 0.15) is 6.33 Å². The van der Waals surface area contributed by atoms with Crippen molar-refractivity contribution in [2.45, 2.75) is 0 Å². The molecule has 1 heterocycles. The van der Waals surface area contributed by atoms with Gasteiger partial charge in [0.15, 0.2) is 0 Å². The Morgan fingerprint density at radius 2 is 2.00 bits per heavy atom. The lowest BCUT2D eigenvalue weighted by Gasteiger charge is -2.07. The highest BCUT2D eigenvalue weighted by atomic mass is 32.1. The van der Waals surface area contributed by atoms with E-state index in [0.29, 0.717) is 0 Å². The van der Waals surface area contributed by atoms with Crippen LogP contribution in [-0.4, -0.2) is 31.9 Å². The van der Waals surface area contributed by atoms with Crippen LogP contribution in [0.5, 0.6) is 0 Å². The average Bonchev–Trinajstić information content (AvgIpc) is 2.75. The van der Waals surface area contributed by atoms with Crippen molar-refractivity contribution in [3.63, 3.8) is 0 Å². The number of nitrogens with zero attached hydrogens (tertiary/aromatic N) is 2. The molecule has 0 aliphatic rings. The Balaban J connectivity index is 2.33. The van der Waals surface area contributed by atoms with E-state index < -0.39 is 11.9 Å². The number of carboxylic acid groups (broad SMARTS) is 1. The summed E-state index contributed by atoms with van der Waals surface area (Å²) in [6.45, 7) is 0. The number of carboxylic acids is 1. The van der Waals surface area contributed by atoms with E-state index in [9.17, 15) is 9.59 Å². The van der Waals surface area contributed by atoms with Gasteiger partial charge in [-0.25, -0.2) is 9.47 Å². The van der Waals surface area contributed by atoms with Crippen molar-refractivity contribution in [3.05, 3.63) is 46.5 Å². The van der Waals surface area contributed by atoms with Gasteiger partial charge in [-0.2, -0.15) is 5.10 Å². The maximum absolute atomic E-state index is 11.9. The number of carbonyl (C=O) groups is 2. The molecule has 1 amide bonds. The van der Waals surface area contributed by atoms with E-state index in [1.54, 1.807) is 12.1 Å². The molecule has 0 unspecified atom stereocenters. The van der Waals surface area contributed by atoms with E-state index in [1.807, 2.05) is 0 Å². The molecular weight excluding hydrogens is 256 g/mol. The minimum absolute atomic E-state index is 0.0492. The molecule has 2 rings (SSSR count). The van der Waals surface area contributed by atoms with Crippen molar-refractivity contribution in [3.8, 4) is 0 Å². The molecule has 0 spiro atoms. The van der Waals surface area contributed by atoms with E-state index in [4.69, 9.17) is 17.3 Å². The number of carbonyl (C=O) groups excluding carboxylic acids is 1. The zero-order chi connectivity index (χ0) is 13.1. The van der Waals surface area contributed by atoms with Gasteiger partial charge >= 0.3 is 5.97 Å². The third-order valence-electron chi connectivity index (χ3n) is 2.18. The van der Waals surface area contributed by atoms with Crippen LogP contribution in [0.25, 0.3) is 0 Å². The number of nitrogens with one attached hydrogen (secondary N) is 2. The van der Waals surface area contributed by atoms with Crippen molar-refractivity contribution in [2.24, 2.45) is 0 Å². The Morgan fingerprint density at radius 3 is 2.56 bits per heavy atom. The third-order valence-corrected chi connectivity index (χ3v) is 2.46. The fourth-order valence-electron chi connectivity index (χ4n) is 1.37. The normalized spacial score (nSPS) is 10.0. The third kappa shape index (κ3) is 2.28. The minimum atomic E-state index is -1.17. The van der Waals surface area contributed by atoms with Gasteiger partial charge in [-0.05, 0) is 24.4 Å². The Hall–Kier alpha value is -2.48. The van der Waals surface area contributed by atoms with Crippen LogP contribution >= 0.6 is 12.2 Å². The summed E-state index contributed by atoms with van der Waals surface area (Å²) in [4.78, 5) is 22.9. The van der Waals surface area contributed by atoms with E-state index >= 15 is 0 Å².